The highest BCUT2D eigenvalue weighted by Crippen LogP contribution is 2.62. The number of hydrogen-bond donors (Lipinski definition) is 2. The molecule has 0 saturated heterocycles. The second-order valence-corrected chi connectivity index (χ2v) is 19.1. The monoisotopic (exact) mass is 1010 g/mol. The van der Waals surface area contributed by atoms with Crippen LogP contribution in [0.15, 0.2) is 163 Å². The van der Waals surface area contributed by atoms with Crippen LogP contribution in [0.5, 0.6) is 17.2 Å². The van der Waals surface area contributed by atoms with Crippen LogP contribution in [0.25, 0.3) is 10.8 Å². The molecule has 6 unspecified atom stereocenters. The minimum absolute atomic E-state index is 0.00404. The number of carbonyl (C=O) groups excluding carboxylic acids is 1. The molecule has 9 rings (SSSR count). The number of nitro benzene ring substituents is 2. The SMILES string of the molecule is C=CCOC12Oc3ccc(Oc4cccc([N+](=O)[O-])c4)cc3C3C(CCCCO)C(CCCCO)C=C(C(=NOCc4ccc([N+](=O)[O-])cc4)CC1N(Cc1cccc4ccccc14)C(=O)c1ccc(C#N)cc1)C32. The van der Waals surface area contributed by atoms with Gasteiger partial charge < -0.3 is 34.2 Å². The van der Waals surface area contributed by atoms with Crippen LogP contribution in [-0.4, -0.2) is 68.2 Å². The molecule has 16 heteroatoms. The Morgan fingerprint density at radius 3 is 2.31 bits per heavy atom. The van der Waals surface area contributed by atoms with E-state index in [2.05, 4.69) is 18.7 Å². The molecule has 0 bridgehead atoms. The smallest absolute Gasteiger partial charge is 0.273 e. The Hall–Kier alpha value is -8.23. The van der Waals surface area contributed by atoms with Crippen molar-refractivity contribution in [3.63, 3.8) is 0 Å². The number of benzene rings is 6. The fraction of sp³-hybridized carbons (Fsp3) is 0.305. The Bertz CT molecular complexity index is 3170. The zero-order valence-electron chi connectivity index (χ0n) is 41.2. The lowest BCUT2D eigenvalue weighted by molar-refractivity contribution is -0.385. The van der Waals surface area contributed by atoms with Crippen molar-refractivity contribution in [2.24, 2.45) is 22.9 Å². The van der Waals surface area contributed by atoms with Crippen LogP contribution in [-0.2, 0) is 22.7 Å². The summed E-state index contributed by atoms with van der Waals surface area (Å²) in [5.41, 5.74) is 4.10. The quantitative estimate of drug-likeness (QED) is 0.0281. The Morgan fingerprint density at radius 1 is 0.853 bits per heavy atom. The number of nitrogens with zero attached hydrogens (tertiary/aromatic N) is 5. The molecule has 1 heterocycles. The average molecular weight is 1010 g/mol. The molecule has 6 atom stereocenters. The second-order valence-electron chi connectivity index (χ2n) is 19.1. The normalized spacial score (nSPS) is 20.9. The van der Waals surface area contributed by atoms with Gasteiger partial charge in [0.2, 0.25) is 5.79 Å². The van der Waals surface area contributed by atoms with E-state index >= 15 is 4.79 Å². The summed E-state index contributed by atoms with van der Waals surface area (Å²) in [5.74, 6) is -2.22. The number of nitriles is 1. The van der Waals surface area contributed by atoms with E-state index in [0.717, 1.165) is 27.5 Å². The van der Waals surface area contributed by atoms with Gasteiger partial charge in [-0.05, 0) is 126 Å². The van der Waals surface area contributed by atoms with Crippen molar-refractivity contribution >= 4 is 33.8 Å². The van der Waals surface area contributed by atoms with E-state index in [1.165, 1.54) is 24.3 Å². The Morgan fingerprint density at radius 2 is 1.57 bits per heavy atom. The van der Waals surface area contributed by atoms with Crippen molar-refractivity contribution in [2.45, 2.75) is 75.8 Å². The van der Waals surface area contributed by atoms with Gasteiger partial charge in [-0.1, -0.05) is 78.7 Å². The van der Waals surface area contributed by atoms with Gasteiger partial charge in [0, 0.05) is 61.4 Å². The van der Waals surface area contributed by atoms with Gasteiger partial charge in [0.1, 0.15) is 29.9 Å². The van der Waals surface area contributed by atoms with Crippen LogP contribution in [0.1, 0.15) is 83.5 Å². The van der Waals surface area contributed by atoms with Gasteiger partial charge in [0.05, 0.1) is 45.8 Å². The van der Waals surface area contributed by atoms with Gasteiger partial charge in [0.15, 0.2) is 0 Å². The predicted molar refractivity (Wildman–Crippen MR) is 281 cm³/mol. The summed E-state index contributed by atoms with van der Waals surface area (Å²) < 4.78 is 21.1. The van der Waals surface area contributed by atoms with Gasteiger partial charge in [-0.3, -0.25) is 25.0 Å². The molecular weight excluding hydrogens is 955 g/mol. The summed E-state index contributed by atoms with van der Waals surface area (Å²) in [4.78, 5) is 46.2. The minimum atomic E-state index is -1.64. The first kappa shape index (κ1) is 51.7. The summed E-state index contributed by atoms with van der Waals surface area (Å²) in [6.07, 6.45) is 7.82. The fourth-order valence-electron chi connectivity index (χ4n) is 11.2. The topological polar surface area (TPSA) is 220 Å². The molecule has 0 aromatic heterocycles. The number of hydrogen-bond acceptors (Lipinski definition) is 13. The number of fused-ring (bicyclic) bond motifs is 3. The number of rotatable bonds is 22. The van der Waals surface area contributed by atoms with Crippen LogP contribution in [0.4, 0.5) is 11.4 Å². The van der Waals surface area contributed by atoms with Gasteiger partial charge >= 0.3 is 0 Å². The highest BCUT2D eigenvalue weighted by Gasteiger charge is 2.65. The molecule has 16 nitrogen and oxygen atoms in total. The first-order chi connectivity index (χ1) is 36.5. The maximum atomic E-state index is 15.7. The highest BCUT2D eigenvalue weighted by molar-refractivity contribution is 6.03. The number of aliphatic hydroxyl groups is 2. The number of carbonyl (C=O) groups is 1. The molecule has 384 valence electrons. The van der Waals surface area contributed by atoms with E-state index in [1.807, 2.05) is 54.6 Å². The zero-order chi connectivity index (χ0) is 52.5. The molecule has 75 heavy (non-hydrogen) atoms. The molecule has 2 aliphatic carbocycles. The molecule has 1 amide bonds. The number of amides is 1. The highest BCUT2D eigenvalue weighted by atomic mass is 16.7. The van der Waals surface area contributed by atoms with Crippen molar-refractivity contribution in [3.05, 3.63) is 206 Å². The summed E-state index contributed by atoms with van der Waals surface area (Å²) >= 11 is 0. The number of nitro groups is 2. The van der Waals surface area contributed by atoms with E-state index in [4.69, 9.17) is 24.2 Å². The number of ether oxygens (including phenoxy) is 3. The third-order valence-electron chi connectivity index (χ3n) is 14.6. The zero-order valence-corrected chi connectivity index (χ0v) is 41.2. The summed E-state index contributed by atoms with van der Waals surface area (Å²) in [6.45, 7) is 4.16. The maximum Gasteiger partial charge on any atom is 0.273 e. The second kappa shape index (κ2) is 23.3. The molecule has 6 aromatic rings. The van der Waals surface area contributed by atoms with Gasteiger partial charge in [-0.25, -0.2) is 0 Å². The first-order valence-corrected chi connectivity index (χ1v) is 25.2. The van der Waals surface area contributed by atoms with Crippen molar-refractivity contribution in [2.75, 3.05) is 19.8 Å². The predicted octanol–water partition coefficient (Wildman–Crippen LogP) is 11.5. The standard InChI is InChI=1S/C59H57N5O11/c1-2-31-72-59-55(62(58(67)42-23-19-39(36-60)20-24-42)37-44-14-9-13-41-11-3-4-17-49(41)44)35-53(61-73-38-40-21-25-45(26-22-40)63(68)69)51-32-43(12-5-7-29-65)50(18-6-8-30-66)56(57(51)59)52-34-48(27-28-54(52)75-59)74-47-16-10-15-46(33-47)64(70)71/h2-4,9-11,13-17,19-28,32-34,43,50,55-57,65-66H,1,5-8,12,18,29-31,35,37-38H2. The molecule has 1 fully saturated rings. The molecular formula is C59H57N5O11. The summed E-state index contributed by atoms with van der Waals surface area (Å²) in [6, 6.07) is 39.1. The van der Waals surface area contributed by atoms with Crippen LogP contribution < -0.4 is 9.47 Å². The van der Waals surface area contributed by atoms with Crippen molar-refractivity contribution < 1.29 is 43.9 Å². The molecule has 0 spiro atoms. The number of allylic oxidation sites excluding steroid dienone is 1. The number of aliphatic hydroxyl groups excluding tert-OH is 2. The van der Waals surface area contributed by atoms with E-state index in [0.29, 0.717) is 72.4 Å². The average Bonchev–Trinajstić information content (AvgIpc) is 3.51. The van der Waals surface area contributed by atoms with Crippen LogP contribution in [0, 0.1) is 49.3 Å². The number of unbranched alkanes of at least 4 members (excludes halogenated alkanes) is 2. The Labute approximate surface area is 434 Å². The number of non-ortho nitro benzene ring substituents is 2. The van der Waals surface area contributed by atoms with Gasteiger partial charge in [0.25, 0.3) is 17.3 Å². The minimum Gasteiger partial charge on any atom is -0.459 e. The maximum absolute atomic E-state index is 15.7. The first-order valence-electron chi connectivity index (χ1n) is 25.2. The lowest BCUT2D eigenvalue weighted by Crippen LogP contribution is -2.70. The van der Waals surface area contributed by atoms with Crippen LogP contribution in [0.2, 0.25) is 0 Å². The molecule has 6 aromatic carbocycles. The van der Waals surface area contributed by atoms with Crippen LogP contribution >= 0.6 is 0 Å². The molecule has 1 aliphatic heterocycles. The summed E-state index contributed by atoms with van der Waals surface area (Å²) in [5, 5.41) is 60.2. The Balaban J connectivity index is 1.28. The van der Waals surface area contributed by atoms with E-state index in [-0.39, 0.29) is 74.3 Å². The van der Waals surface area contributed by atoms with Crippen LogP contribution in [0.3, 0.4) is 0 Å². The summed E-state index contributed by atoms with van der Waals surface area (Å²) in [7, 11) is 0. The Kier molecular flexibility index (Phi) is 16.1. The van der Waals surface area contributed by atoms with Crippen molar-refractivity contribution in [1.82, 2.24) is 4.90 Å². The van der Waals surface area contributed by atoms with Crippen molar-refractivity contribution in [1.29, 1.82) is 5.26 Å². The lowest BCUT2D eigenvalue weighted by Gasteiger charge is -2.60. The van der Waals surface area contributed by atoms with E-state index in [1.54, 1.807) is 65.6 Å². The van der Waals surface area contributed by atoms with E-state index < -0.39 is 33.5 Å². The third kappa shape index (κ3) is 11.0. The lowest BCUT2D eigenvalue weighted by atomic mass is 9.55. The van der Waals surface area contributed by atoms with E-state index in [9.17, 15) is 35.7 Å². The number of oxime groups is 1. The largest absolute Gasteiger partial charge is 0.459 e. The fourth-order valence-corrected chi connectivity index (χ4v) is 11.2. The third-order valence-corrected chi connectivity index (χ3v) is 14.6. The molecule has 2 N–H and O–H groups in total. The van der Waals surface area contributed by atoms with Crippen molar-refractivity contribution in [3.8, 4) is 23.3 Å². The molecule has 1 saturated carbocycles. The molecule has 0 radical (unpaired) electrons. The van der Waals surface area contributed by atoms with Gasteiger partial charge in [-0.2, -0.15) is 5.26 Å². The molecule has 3 aliphatic rings. The van der Waals surface area contributed by atoms with Gasteiger partial charge in [-0.15, -0.1) is 6.58 Å².